The summed E-state index contributed by atoms with van der Waals surface area (Å²) in [6, 6.07) is 4.11. The van der Waals surface area contributed by atoms with E-state index in [9.17, 15) is 0 Å². The maximum atomic E-state index is 6.11. The van der Waals surface area contributed by atoms with Gasteiger partial charge in [-0.1, -0.05) is 13.8 Å². The summed E-state index contributed by atoms with van der Waals surface area (Å²) in [5.41, 5.74) is 10.6. The zero-order valence-corrected chi connectivity index (χ0v) is 11.8. The van der Waals surface area contributed by atoms with Crippen LogP contribution < -0.4 is 11.1 Å². The van der Waals surface area contributed by atoms with Gasteiger partial charge in [-0.25, -0.2) is 4.98 Å². The minimum Gasteiger partial charge on any atom is -0.395 e. The van der Waals surface area contributed by atoms with Gasteiger partial charge in [0, 0.05) is 13.1 Å². The van der Waals surface area contributed by atoms with Gasteiger partial charge in [-0.3, -0.25) is 0 Å². The quantitative estimate of drug-likeness (QED) is 0.788. The molecular weight excluding hydrogens is 244 g/mol. The smallest absolute Gasteiger partial charge is 0.106 e. The highest BCUT2D eigenvalue weighted by Crippen LogP contribution is 2.29. The Morgan fingerprint density at radius 2 is 2.11 bits per heavy atom. The zero-order chi connectivity index (χ0) is 13.0. The average Bonchev–Trinajstić information content (AvgIpc) is 2.86. The van der Waals surface area contributed by atoms with Crippen molar-refractivity contribution in [2.75, 3.05) is 37.2 Å². The topological polar surface area (TPSA) is 54.2 Å². The lowest BCUT2D eigenvalue weighted by molar-refractivity contribution is 0.316. The molecule has 1 aromatic carbocycles. The fourth-order valence-corrected chi connectivity index (χ4v) is 2.69. The van der Waals surface area contributed by atoms with Crippen molar-refractivity contribution < 1.29 is 0 Å². The van der Waals surface area contributed by atoms with Crippen LogP contribution in [0.3, 0.4) is 0 Å². The molecule has 0 spiro atoms. The number of anilines is 2. The van der Waals surface area contributed by atoms with Crippen LogP contribution in [0.1, 0.15) is 13.8 Å². The van der Waals surface area contributed by atoms with Crippen LogP contribution in [-0.2, 0) is 0 Å². The molecule has 18 heavy (non-hydrogen) atoms. The minimum absolute atomic E-state index is 0.758. The van der Waals surface area contributed by atoms with Crippen LogP contribution in [0, 0.1) is 0 Å². The van der Waals surface area contributed by atoms with Gasteiger partial charge < -0.3 is 16.0 Å². The van der Waals surface area contributed by atoms with E-state index in [4.69, 9.17) is 5.73 Å². The van der Waals surface area contributed by atoms with Crippen LogP contribution in [0.4, 0.5) is 11.4 Å². The van der Waals surface area contributed by atoms with Crippen molar-refractivity contribution in [1.29, 1.82) is 0 Å². The summed E-state index contributed by atoms with van der Waals surface area (Å²) >= 11 is 1.62. The lowest BCUT2D eigenvalue weighted by atomic mass is 10.2. The molecule has 2 aromatic rings. The molecule has 1 aromatic heterocycles. The summed E-state index contributed by atoms with van der Waals surface area (Å²) in [6.45, 7) is 8.46. The first-order valence-electron chi connectivity index (χ1n) is 6.34. The molecule has 0 unspecified atom stereocenters. The van der Waals surface area contributed by atoms with E-state index in [-0.39, 0.29) is 0 Å². The number of nitrogens with two attached hydrogens (primary N) is 1. The molecule has 2 rings (SSSR count). The minimum atomic E-state index is 0.758. The largest absolute Gasteiger partial charge is 0.395 e. The number of nitrogen functional groups attached to an aromatic ring is 1. The Morgan fingerprint density at radius 3 is 2.83 bits per heavy atom. The molecule has 0 fully saturated rings. The molecule has 0 radical (unpaired) electrons. The number of benzene rings is 1. The summed E-state index contributed by atoms with van der Waals surface area (Å²) < 4.78 is 1.14. The third-order valence-corrected chi connectivity index (χ3v) is 3.97. The van der Waals surface area contributed by atoms with Gasteiger partial charge in [0.2, 0.25) is 0 Å². The van der Waals surface area contributed by atoms with Gasteiger partial charge in [-0.05, 0) is 25.2 Å². The number of rotatable bonds is 6. The van der Waals surface area contributed by atoms with E-state index in [1.165, 1.54) is 0 Å². The fraction of sp³-hybridized carbons (Fsp3) is 0.462. The Hall–Kier alpha value is -1.33. The van der Waals surface area contributed by atoms with E-state index in [1.807, 2.05) is 11.6 Å². The lowest BCUT2D eigenvalue weighted by Gasteiger charge is -2.18. The van der Waals surface area contributed by atoms with Crippen LogP contribution in [0.2, 0.25) is 0 Å². The Kier molecular flexibility index (Phi) is 4.38. The van der Waals surface area contributed by atoms with Crippen LogP contribution in [0.5, 0.6) is 0 Å². The second-order valence-electron chi connectivity index (χ2n) is 4.18. The average molecular weight is 264 g/mol. The van der Waals surface area contributed by atoms with Crippen molar-refractivity contribution >= 4 is 32.9 Å². The van der Waals surface area contributed by atoms with Gasteiger partial charge in [0.15, 0.2) is 0 Å². The molecule has 0 aliphatic carbocycles. The first-order chi connectivity index (χ1) is 8.76. The van der Waals surface area contributed by atoms with E-state index >= 15 is 0 Å². The number of hydrogen-bond acceptors (Lipinski definition) is 5. The zero-order valence-electron chi connectivity index (χ0n) is 10.9. The normalized spacial score (nSPS) is 11.3. The van der Waals surface area contributed by atoms with Gasteiger partial charge in [0.1, 0.15) is 5.52 Å². The maximum absolute atomic E-state index is 6.11. The molecule has 0 saturated carbocycles. The summed E-state index contributed by atoms with van der Waals surface area (Å²) in [6.07, 6.45) is 0. The molecule has 1 heterocycles. The van der Waals surface area contributed by atoms with Gasteiger partial charge in [-0.2, -0.15) is 0 Å². The number of aromatic nitrogens is 1. The van der Waals surface area contributed by atoms with Gasteiger partial charge >= 0.3 is 0 Å². The third kappa shape index (κ3) is 2.73. The molecule has 0 aliphatic heterocycles. The Morgan fingerprint density at radius 1 is 1.33 bits per heavy atom. The predicted octanol–water partition coefficient (Wildman–Crippen LogP) is 2.63. The number of likely N-dealkylation sites (N-methyl/N-ethyl adjacent to an activating group) is 1. The summed E-state index contributed by atoms with van der Waals surface area (Å²) in [5, 5.41) is 3.39. The van der Waals surface area contributed by atoms with E-state index in [0.717, 1.165) is 47.8 Å². The van der Waals surface area contributed by atoms with Crippen LogP contribution in [0.25, 0.3) is 10.2 Å². The van der Waals surface area contributed by atoms with Crippen LogP contribution in [-0.4, -0.2) is 36.1 Å². The second-order valence-corrected chi connectivity index (χ2v) is 5.07. The number of nitrogens with one attached hydrogen (secondary N) is 1. The third-order valence-electron chi connectivity index (χ3n) is 3.18. The summed E-state index contributed by atoms with van der Waals surface area (Å²) in [5.74, 6) is 0. The Bertz CT molecular complexity index is 505. The Balaban J connectivity index is 2.01. The maximum Gasteiger partial charge on any atom is 0.106 e. The fourth-order valence-electron chi connectivity index (χ4n) is 1.99. The molecule has 0 atom stereocenters. The highest BCUT2D eigenvalue weighted by Gasteiger charge is 2.06. The van der Waals surface area contributed by atoms with Gasteiger partial charge in [0.25, 0.3) is 0 Å². The van der Waals surface area contributed by atoms with E-state index in [2.05, 4.69) is 35.1 Å². The van der Waals surface area contributed by atoms with E-state index in [1.54, 1.807) is 11.3 Å². The van der Waals surface area contributed by atoms with Crippen LogP contribution in [0.15, 0.2) is 17.6 Å². The molecule has 3 N–H and O–H groups in total. The molecule has 5 heteroatoms. The molecule has 98 valence electrons. The molecule has 0 amide bonds. The van der Waals surface area contributed by atoms with Crippen LogP contribution >= 0.6 is 11.3 Å². The lowest BCUT2D eigenvalue weighted by Crippen LogP contribution is -2.28. The first kappa shape index (κ1) is 13.1. The number of fused-ring (bicyclic) bond motifs is 1. The Labute approximate surface area is 112 Å². The van der Waals surface area contributed by atoms with E-state index in [0.29, 0.717) is 0 Å². The number of nitrogens with zero attached hydrogens (tertiary/aromatic N) is 2. The molecular formula is C13H20N4S. The standard InChI is InChI=1S/C13H20N4S/c1-3-17(4-2)8-7-15-10-5-6-11-13(12(10)14)16-9-18-11/h5-6,9,15H,3-4,7-8,14H2,1-2H3. The summed E-state index contributed by atoms with van der Waals surface area (Å²) in [7, 11) is 0. The second kappa shape index (κ2) is 6.02. The molecule has 4 nitrogen and oxygen atoms in total. The van der Waals surface area contributed by atoms with E-state index < -0.39 is 0 Å². The van der Waals surface area contributed by atoms with Crippen molar-refractivity contribution in [2.45, 2.75) is 13.8 Å². The predicted molar refractivity (Wildman–Crippen MR) is 80.3 cm³/mol. The molecule has 0 aliphatic rings. The highest BCUT2D eigenvalue weighted by atomic mass is 32.1. The number of thiazole rings is 1. The highest BCUT2D eigenvalue weighted by molar-refractivity contribution is 7.16. The summed E-state index contributed by atoms with van der Waals surface area (Å²) in [4.78, 5) is 6.68. The SMILES string of the molecule is CCN(CC)CCNc1ccc2scnc2c1N. The monoisotopic (exact) mass is 264 g/mol. The molecule has 0 bridgehead atoms. The van der Waals surface area contributed by atoms with Crippen molar-refractivity contribution in [3.63, 3.8) is 0 Å². The van der Waals surface area contributed by atoms with Crippen molar-refractivity contribution in [3.8, 4) is 0 Å². The van der Waals surface area contributed by atoms with Gasteiger partial charge in [0.05, 0.1) is 21.6 Å². The molecule has 0 saturated heterocycles. The first-order valence-corrected chi connectivity index (χ1v) is 7.22. The van der Waals surface area contributed by atoms with Crippen molar-refractivity contribution in [3.05, 3.63) is 17.6 Å². The van der Waals surface area contributed by atoms with Crippen molar-refractivity contribution in [2.24, 2.45) is 0 Å². The number of hydrogen-bond donors (Lipinski definition) is 2. The van der Waals surface area contributed by atoms with Gasteiger partial charge in [-0.15, -0.1) is 11.3 Å². The van der Waals surface area contributed by atoms with Crippen molar-refractivity contribution in [1.82, 2.24) is 9.88 Å².